The number of hydrogen-bond donors (Lipinski definition) is 1. The first-order valence-corrected chi connectivity index (χ1v) is 11.7. The lowest BCUT2D eigenvalue weighted by molar-refractivity contribution is -0.138. The highest BCUT2D eigenvalue weighted by Gasteiger charge is 2.44. The number of benzene rings is 3. The molecule has 0 radical (unpaired) electrons. The molecular formula is C28H29F3N2O3. The maximum Gasteiger partial charge on any atom is 0.416 e. The number of halogens is 3. The van der Waals surface area contributed by atoms with Gasteiger partial charge in [0, 0.05) is 18.2 Å². The third-order valence-corrected chi connectivity index (χ3v) is 6.59. The lowest BCUT2D eigenvalue weighted by Crippen LogP contribution is -2.45. The fourth-order valence-electron chi connectivity index (χ4n) is 4.88. The number of carbonyl (C=O) groups excluding carboxylic acids is 1. The molecule has 5 nitrogen and oxygen atoms in total. The number of carbonyl (C=O) groups is 1. The van der Waals surface area contributed by atoms with Gasteiger partial charge in [0.05, 0.1) is 18.7 Å². The standard InChI is InChI=1S/C28H29F3N2O3/c1-32(2)17-25(19-8-5-4-6-9-19)33-24-11-7-10-23(28(29,30)31)22(24)16-21(26(34)27(33)35)18-12-14-20(36-3)15-13-18/h4-15,21,25-26,34H,16-17H2,1-3H3. The SMILES string of the molecule is COc1ccc(C2Cc3c(cccc3C(F)(F)F)N(C(CN(C)C)c3ccccc3)C(=O)C2O)cc1. The Bertz CT molecular complexity index is 1200. The van der Waals surface area contributed by atoms with Gasteiger partial charge in [-0.1, -0.05) is 48.5 Å². The monoisotopic (exact) mass is 498 g/mol. The first kappa shape index (κ1) is 25.7. The fourth-order valence-corrected chi connectivity index (χ4v) is 4.88. The molecule has 3 aromatic carbocycles. The third-order valence-electron chi connectivity index (χ3n) is 6.59. The predicted molar refractivity (Wildman–Crippen MR) is 132 cm³/mol. The molecule has 0 aromatic heterocycles. The third kappa shape index (κ3) is 5.10. The topological polar surface area (TPSA) is 53.0 Å². The lowest BCUT2D eigenvalue weighted by Gasteiger charge is -2.35. The van der Waals surface area contributed by atoms with Gasteiger partial charge in [0.1, 0.15) is 11.9 Å². The molecule has 1 aliphatic rings. The summed E-state index contributed by atoms with van der Waals surface area (Å²) in [4.78, 5) is 17.2. The highest BCUT2D eigenvalue weighted by Crippen LogP contribution is 2.44. The average Bonchev–Trinajstić information content (AvgIpc) is 2.96. The summed E-state index contributed by atoms with van der Waals surface area (Å²) in [5, 5.41) is 11.3. The van der Waals surface area contributed by atoms with E-state index >= 15 is 0 Å². The van der Waals surface area contributed by atoms with Crippen LogP contribution in [0, 0.1) is 0 Å². The highest BCUT2D eigenvalue weighted by atomic mass is 19.4. The number of amides is 1. The molecule has 4 rings (SSSR count). The molecule has 1 aliphatic heterocycles. The van der Waals surface area contributed by atoms with Crippen LogP contribution in [0.5, 0.6) is 5.75 Å². The minimum atomic E-state index is -4.62. The second-order valence-electron chi connectivity index (χ2n) is 9.23. The Balaban J connectivity index is 1.93. The van der Waals surface area contributed by atoms with Crippen molar-refractivity contribution in [3.05, 3.63) is 95.1 Å². The van der Waals surface area contributed by atoms with E-state index in [4.69, 9.17) is 4.74 Å². The summed E-state index contributed by atoms with van der Waals surface area (Å²) < 4.78 is 47.8. The van der Waals surface area contributed by atoms with Gasteiger partial charge >= 0.3 is 6.18 Å². The summed E-state index contributed by atoms with van der Waals surface area (Å²) in [7, 11) is 5.18. The van der Waals surface area contributed by atoms with Gasteiger partial charge in [-0.2, -0.15) is 13.2 Å². The van der Waals surface area contributed by atoms with Crippen LogP contribution in [0.1, 0.15) is 34.2 Å². The lowest BCUT2D eigenvalue weighted by atomic mass is 9.86. The Morgan fingerprint density at radius 3 is 2.28 bits per heavy atom. The van der Waals surface area contributed by atoms with Crippen LogP contribution < -0.4 is 9.64 Å². The summed E-state index contributed by atoms with van der Waals surface area (Å²) in [5.74, 6) is -0.933. The van der Waals surface area contributed by atoms with Gasteiger partial charge in [0.2, 0.25) is 0 Å². The number of ether oxygens (including phenoxy) is 1. The van der Waals surface area contributed by atoms with E-state index in [9.17, 15) is 23.1 Å². The summed E-state index contributed by atoms with van der Waals surface area (Å²) in [6.07, 6.45) is -6.31. The molecule has 0 saturated heterocycles. The van der Waals surface area contributed by atoms with E-state index in [1.807, 2.05) is 49.3 Å². The molecule has 3 aromatic rings. The average molecular weight is 499 g/mol. The van der Waals surface area contributed by atoms with Crippen LogP contribution in [0.2, 0.25) is 0 Å². The molecule has 3 unspecified atom stereocenters. The van der Waals surface area contributed by atoms with Crippen LogP contribution >= 0.6 is 0 Å². The highest BCUT2D eigenvalue weighted by molar-refractivity contribution is 5.99. The molecule has 3 atom stereocenters. The maximum absolute atomic E-state index is 14.2. The van der Waals surface area contributed by atoms with E-state index in [0.717, 1.165) is 11.6 Å². The zero-order valence-corrected chi connectivity index (χ0v) is 20.4. The number of anilines is 1. The number of hydrogen-bond acceptors (Lipinski definition) is 4. The number of alkyl halides is 3. The summed E-state index contributed by atoms with van der Waals surface area (Å²) in [6, 6.07) is 19.2. The zero-order chi connectivity index (χ0) is 26.0. The van der Waals surface area contributed by atoms with Crippen molar-refractivity contribution >= 4 is 11.6 Å². The molecule has 0 aliphatic carbocycles. The van der Waals surface area contributed by atoms with Crippen molar-refractivity contribution in [3.63, 3.8) is 0 Å². The number of fused-ring (bicyclic) bond motifs is 1. The minimum absolute atomic E-state index is 0.00425. The van der Waals surface area contributed by atoms with Crippen LogP contribution in [0.3, 0.4) is 0 Å². The quantitative estimate of drug-likeness (QED) is 0.517. The number of methoxy groups -OCH3 is 1. The smallest absolute Gasteiger partial charge is 0.416 e. The molecule has 1 heterocycles. The molecule has 36 heavy (non-hydrogen) atoms. The number of rotatable bonds is 6. The Morgan fingerprint density at radius 2 is 1.69 bits per heavy atom. The van der Waals surface area contributed by atoms with E-state index < -0.39 is 35.7 Å². The summed E-state index contributed by atoms with van der Waals surface area (Å²) in [5.41, 5.74) is 0.682. The first-order chi connectivity index (χ1) is 17.1. The number of aliphatic hydroxyl groups excluding tert-OH is 1. The van der Waals surface area contributed by atoms with Crippen molar-refractivity contribution in [1.82, 2.24) is 4.90 Å². The van der Waals surface area contributed by atoms with Crippen molar-refractivity contribution < 1.29 is 27.8 Å². The molecular weight excluding hydrogens is 469 g/mol. The fraction of sp³-hybridized carbons (Fsp3) is 0.321. The van der Waals surface area contributed by atoms with Gasteiger partial charge < -0.3 is 19.6 Å². The van der Waals surface area contributed by atoms with Crippen molar-refractivity contribution in [2.45, 2.75) is 30.7 Å². The number of nitrogens with zero attached hydrogens (tertiary/aromatic N) is 2. The normalized spacial score (nSPS) is 19.1. The van der Waals surface area contributed by atoms with E-state index in [-0.39, 0.29) is 17.7 Å². The molecule has 0 saturated carbocycles. The van der Waals surface area contributed by atoms with Crippen molar-refractivity contribution in [1.29, 1.82) is 0 Å². The van der Waals surface area contributed by atoms with Gasteiger partial charge in [0.25, 0.3) is 5.91 Å². The minimum Gasteiger partial charge on any atom is -0.497 e. The van der Waals surface area contributed by atoms with E-state index in [2.05, 4.69) is 0 Å². The van der Waals surface area contributed by atoms with Gasteiger partial charge in [-0.05, 0) is 61.5 Å². The first-order valence-electron chi connectivity index (χ1n) is 11.7. The zero-order valence-electron chi connectivity index (χ0n) is 20.4. The molecule has 8 heteroatoms. The van der Waals surface area contributed by atoms with Gasteiger partial charge in [-0.3, -0.25) is 4.79 Å². The second kappa shape index (κ2) is 10.3. The number of aliphatic hydroxyl groups is 1. The molecule has 1 amide bonds. The second-order valence-corrected chi connectivity index (χ2v) is 9.23. The molecule has 0 spiro atoms. The molecule has 190 valence electrons. The molecule has 0 fully saturated rings. The Kier molecular flexibility index (Phi) is 7.38. The summed E-state index contributed by atoms with van der Waals surface area (Å²) in [6.45, 7) is 0.353. The molecule has 0 bridgehead atoms. The van der Waals surface area contributed by atoms with Gasteiger partial charge in [-0.25, -0.2) is 0 Å². The van der Waals surface area contributed by atoms with Crippen molar-refractivity contribution in [3.8, 4) is 5.75 Å². The van der Waals surface area contributed by atoms with E-state index in [1.54, 1.807) is 24.3 Å². The van der Waals surface area contributed by atoms with Gasteiger partial charge in [-0.15, -0.1) is 0 Å². The van der Waals surface area contributed by atoms with Crippen LogP contribution in [0.25, 0.3) is 0 Å². The molecule has 1 N–H and O–H groups in total. The van der Waals surface area contributed by atoms with Crippen LogP contribution in [-0.2, 0) is 17.4 Å². The Labute approximate surface area is 208 Å². The van der Waals surface area contributed by atoms with Gasteiger partial charge in [0.15, 0.2) is 0 Å². The maximum atomic E-state index is 14.2. The predicted octanol–water partition coefficient (Wildman–Crippen LogP) is 5.05. The number of likely N-dealkylation sites (N-methyl/N-ethyl adjacent to an activating group) is 1. The largest absolute Gasteiger partial charge is 0.497 e. The Hall–Kier alpha value is -3.36. The summed E-state index contributed by atoms with van der Waals surface area (Å²) >= 11 is 0. The Morgan fingerprint density at radius 1 is 1.03 bits per heavy atom. The van der Waals surface area contributed by atoms with Crippen molar-refractivity contribution in [2.75, 3.05) is 32.6 Å². The van der Waals surface area contributed by atoms with E-state index in [0.29, 0.717) is 17.9 Å². The van der Waals surface area contributed by atoms with E-state index in [1.165, 1.54) is 24.1 Å². The van der Waals surface area contributed by atoms with Crippen LogP contribution in [0.4, 0.5) is 18.9 Å². The van der Waals surface area contributed by atoms with Crippen LogP contribution in [0.15, 0.2) is 72.8 Å². The van der Waals surface area contributed by atoms with Crippen LogP contribution in [-0.4, -0.2) is 49.8 Å². The van der Waals surface area contributed by atoms with Crippen molar-refractivity contribution in [2.24, 2.45) is 0 Å².